The van der Waals surface area contributed by atoms with Gasteiger partial charge in [-0.05, 0) is 92.1 Å². The Morgan fingerprint density at radius 3 is 1.53 bits per heavy atom. The first-order chi connectivity index (χ1) is 14.1. The standard InChI is InChI=1S/C26H30O4/c1-13-11-20(15(3)17(5)24(13)27)23(19-9-8-10-22(30-7)26(19)29)21-12-14(2)25(28)18(6)16(21)4/h8-12,23,27-29H,1-7H3. The van der Waals surface area contributed by atoms with Gasteiger partial charge < -0.3 is 20.1 Å². The summed E-state index contributed by atoms with van der Waals surface area (Å²) in [5.74, 6) is 0.790. The van der Waals surface area contributed by atoms with E-state index in [0.29, 0.717) is 17.2 Å². The average Bonchev–Trinajstić information content (AvgIpc) is 2.73. The third kappa shape index (κ3) is 3.36. The third-order valence-electron chi connectivity index (χ3n) is 6.38. The summed E-state index contributed by atoms with van der Waals surface area (Å²) in [6.07, 6.45) is 0. The fraction of sp³-hybridized carbons (Fsp3) is 0.308. The Labute approximate surface area is 178 Å². The Morgan fingerprint density at radius 1 is 0.633 bits per heavy atom. The molecule has 0 radical (unpaired) electrons. The van der Waals surface area contributed by atoms with E-state index in [1.165, 1.54) is 7.11 Å². The molecule has 0 aliphatic carbocycles. The molecule has 4 heteroatoms. The highest BCUT2D eigenvalue weighted by Crippen LogP contribution is 2.46. The van der Waals surface area contributed by atoms with Crippen LogP contribution in [-0.2, 0) is 0 Å². The minimum Gasteiger partial charge on any atom is -0.507 e. The molecule has 3 N–H and O–H groups in total. The van der Waals surface area contributed by atoms with Crippen molar-refractivity contribution in [2.24, 2.45) is 0 Å². The zero-order valence-corrected chi connectivity index (χ0v) is 18.7. The van der Waals surface area contributed by atoms with E-state index in [1.54, 1.807) is 6.07 Å². The molecular weight excluding hydrogens is 376 g/mol. The second-order valence-corrected chi connectivity index (χ2v) is 8.09. The predicted octanol–water partition coefficient (Wildman–Crippen LogP) is 5.84. The molecular formula is C26H30O4. The Bertz CT molecular complexity index is 1070. The summed E-state index contributed by atoms with van der Waals surface area (Å²) in [7, 11) is 1.54. The molecule has 158 valence electrons. The maximum Gasteiger partial charge on any atom is 0.161 e. The number of aryl methyl sites for hydroxylation is 2. The van der Waals surface area contributed by atoms with E-state index in [9.17, 15) is 15.3 Å². The fourth-order valence-corrected chi connectivity index (χ4v) is 4.24. The van der Waals surface area contributed by atoms with Crippen molar-refractivity contribution in [2.45, 2.75) is 47.5 Å². The Hall–Kier alpha value is -3.14. The smallest absolute Gasteiger partial charge is 0.161 e. The largest absolute Gasteiger partial charge is 0.507 e. The SMILES string of the molecule is COc1cccc(C(c2cc(C)c(O)c(C)c2C)c2cc(C)c(O)c(C)c2C)c1O. The number of hydrogen-bond acceptors (Lipinski definition) is 4. The monoisotopic (exact) mass is 406 g/mol. The van der Waals surface area contributed by atoms with E-state index in [4.69, 9.17) is 4.74 Å². The zero-order chi connectivity index (χ0) is 22.3. The van der Waals surface area contributed by atoms with Crippen LogP contribution in [0.15, 0.2) is 30.3 Å². The lowest BCUT2D eigenvalue weighted by Gasteiger charge is -2.27. The Morgan fingerprint density at radius 2 is 1.10 bits per heavy atom. The van der Waals surface area contributed by atoms with Crippen LogP contribution >= 0.6 is 0 Å². The molecule has 4 nitrogen and oxygen atoms in total. The van der Waals surface area contributed by atoms with Gasteiger partial charge in [-0.2, -0.15) is 0 Å². The maximum atomic E-state index is 11.0. The number of phenols is 3. The van der Waals surface area contributed by atoms with Crippen molar-refractivity contribution in [1.82, 2.24) is 0 Å². The van der Waals surface area contributed by atoms with Crippen LogP contribution in [0.1, 0.15) is 56.0 Å². The van der Waals surface area contributed by atoms with Gasteiger partial charge in [0, 0.05) is 11.5 Å². The third-order valence-corrected chi connectivity index (χ3v) is 6.38. The molecule has 0 aromatic heterocycles. The first-order valence-corrected chi connectivity index (χ1v) is 10.0. The number of ether oxygens (including phenoxy) is 1. The Kier molecular flexibility index (Phi) is 5.71. The van der Waals surface area contributed by atoms with Crippen molar-refractivity contribution in [3.05, 3.63) is 80.4 Å². The maximum absolute atomic E-state index is 11.0. The Balaban J connectivity index is 2.45. The molecule has 0 aliphatic heterocycles. The molecule has 30 heavy (non-hydrogen) atoms. The molecule has 3 aromatic carbocycles. The zero-order valence-electron chi connectivity index (χ0n) is 18.7. The molecule has 0 heterocycles. The van der Waals surface area contributed by atoms with Crippen LogP contribution in [0.25, 0.3) is 0 Å². The van der Waals surface area contributed by atoms with Crippen molar-refractivity contribution in [3.8, 4) is 23.0 Å². The average molecular weight is 407 g/mol. The fourth-order valence-electron chi connectivity index (χ4n) is 4.24. The number of aromatic hydroxyl groups is 3. The second kappa shape index (κ2) is 7.94. The van der Waals surface area contributed by atoms with Crippen LogP contribution in [0.2, 0.25) is 0 Å². The first-order valence-electron chi connectivity index (χ1n) is 10.0. The van der Waals surface area contributed by atoms with Crippen LogP contribution in [0.5, 0.6) is 23.0 Å². The van der Waals surface area contributed by atoms with E-state index >= 15 is 0 Å². The van der Waals surface area contributed by atoms with E-state index < -0.39 is 0 Å². The van der Waals surface area contributed by atoms with Crippen molar-refractivity contribution >= 4 is 0 Å². The summed E-state index contributed by atoms with van der Waals surface area (Å²) in [6, 6.07) is 9.47. The molecule has 3 aromatic rings. The van der Waals surface area contributed by atoms with Gasteiger partial charge in [0.2, 0.25) is 0 Å². The molecule has 0 atom stereocenters. The van der Waals surface area contributed by atoms with Gasteiger partial charge in [-0.3, -0.25) is 0 Å². The molecule has 0 spiro atoms. The van der Waals surface area contributed by atoms with Crippen molar-refractivity contribution in [3.63, 3.8) is 0 Å². The molecule has 0 saturated heterocycles. The number of phenolic OH excluding ortho intramolecular Hbond substituents is 3. The van der Waals surface area contributed by atoms with Gasteiger partial charge in [0.1, 0.15) is 11.5 Å². The lowest BCUT2D eigenvalue weighted by atomic mass is 9.78. The number of hydrogen-bond donors (Lipinski definition) is 3. The summed E-state index contributed by atoms with van der Waals surface area (Å²) in [4.78, 5) is 0. The highest BCUT2D eigenvalue weighted by molar-refractivity contribution is 5.62. The summed E-state index contributed by atoms with van der Waals surface area (Å²) < 4.78 is 5.37. The highest BCUT2D eigenvalue weighted by atomic mass is 16.5. The second-order valence-electron chi connectivity index (χ2n) is 8.09. The minimum absolute atomic E-state index is 0.0931. The van der Waals surface area contributed by atoms with Gasteiger partial charge in [0.15, 0.2) is 11.5 Å². The predicted molar refractivity (Wildman–Crippen MR) is 120 cm³/mol. The number of rotatable bonds is 4. The van der Waals surface area contributed by atoms with Gasteiger partial charge in [0.25, 0.3) is 0 Å². The van der Waals surface area contributed by atoms with Crippen molar-refractivity contribution in [2.75, 3.05) is 7.11 Å². The van der Waals surface area contributed by atoms with E-state index in [2.05, 4.69) is 0 Å². The molecule has 3 rings (SSSR count). The molecule has 0 bridgehead atoms. The first kappa shape index (κ1) is 21.6. The topological polar surface area (TPSA) is 69.9 Å². The highest BCUT2D eigenvalue weighted by Gasteiger charge is 2.28. The van der Waals surface area contributed by atoms with Gasteiger partial charge in [-0.25, -0.2) is 0 Å². The van der Waals surface area contributed by atoms with E-state index in [0.717, 1.165) is 50.1 Å². The van der Waals surface area contributed by atoms with Crippen molar-refractivity contribution in [1.29, 1.82) is 0 Å². The lowest BCUT2D eigenvalue weighted by molar-refractivity contribution is 0.370. The normalized spacial score (nSPS) is 11.2. The van der Waals surface area contributed by atoms with Gasteiger partial charge in [-0.1, -0.05) is 24.3 Å². The molecule has 0 amide bonds. The minimum atomic E-state index is -0.295. The summed E-state index contributed by atoms with van der Waals surface area (Å²) in [6.45, 7) is 11.6. The molecule has 0 saturated carbocycles. The molecule has 0 unspecified atom stereocenters. The van der Waals surface area contributed by atoms with Crippen LogP contribution in [0.3, 0.4) is 0 Å². The van der Waals surface area contributed by atoms with Crippen LogP contribution < -0.4 is 4.74 Å². The lowest BCUT2D eigenvalue weighted by Crippen LogP contribution is -2.11. The van der Waals surface area contributed by atoms with Gasteiger partial charge >= 0.3 is 0 Å². The van der Waals surface area contributed by atoms with Gasteiger partial charge in [-0.15, -0.1) is 0 Å². The van der Waals surface area contributed by atoms with E-state index in [-0.39, 0.29) is 11.7 Å². The van der Waals surface area contributed by atoms with Crippen molar-refractivity contribution < 1.29 is 20.1 Å². The quantitative estimate of drug-likeness (QED) is 0.476. The molecule has 0 aliphatic rings. The van der Waals surface area contributed by atoms with Crippen LogP contribution in [0, 0.1) is 41.5 Å². The number of methoxy groups -OCH3 is 1. The number of para-hydroxylation sites is 1. The summed E-state index contributed by atoms with van der Waals surface area (Å²) in [5.41, 5.74) is 7.86. The molecule has 0 fully saturated rings. The van der Waals surface area contributed by atoms with Gasteiger partial charge in [0.05, 0.1) is 7.11 Å². The number of benzene rings is 3. The summed E-state index contributed by atoms with van der Waals surface area (Å²) in [5, 5.41) is 31.9. The van der Waals surface area contributed by atoms with Crippen LogP contribution in [-0.4, -0.2) is 22.4 Å². The summed E-state index contributed by atoms with van der Waals surface area (Å²) >= 11 is 0. The van der Waals surface area contributed by atoms with Crippen LogP contribution in [0.4, 0.5) is 0 Å². The van der Waals surface area contributed by atoms with E-state index in [1.807, 2.05) is 65.8 Å².